The number of ketones is 1. The van der Waals surface area contributed by atoms with Crippen LogP contribution in [0.25, 0.3) is 10.8 Å². The maximum Gasteiger partial charge on any atom is 0.165 e. The van der Waals surface area contributed by atoms with Gasteiger partial charge in [-0.15, -0.1) is 0 Å². The van der Waals surface area contributed by atoms with Crippen LogP contribution in [0.15, 0.2) is 36.4 Å². The monoisotopic (exact) mass is 202 g/mol. The average Bonchev–Trinajstić information content (AvgIpc) is 2.29. The van der Waals surface area contributed by atoms with E-state index in [-0.39, 0.29) is 11.3 Å². The van der Waals surface area contributed by atoms with Crippen molar-refractivity contribution in [2.75, 3.05) is 0 Å². The Bertz CT molecular complexity index is 517. The Labute approximate surface area is 87.5 Å². The molecule has 0 spiro atoms. The SMILES string of the molecule is CCC(=O)c1ccc2ccccc2c1F. The summed E-state index contributed by atoms with van der Waals surface area (Å²) in [5.74, 6) is -0.557. The van der Waals surface area contributed by atoms with E-state index >= 15 is 0 Å². The molecule has 0 saturated carbocycles. The molecular weight excluding hydrogens is 191 g/mol. The molecule has 0 aliphatic carbocycles. The van der Waals surface area contributed by atoms with E-state index in [9.17, 15) is 9.18 Å². The minimum atomic E-state index is -0.403. The van der Waals surface area contributed by atoms with E-state index in [1.165, 1.54) is 0 Å². The van der Waals surface area contributed by atoms with Crippen LogP contribution in [0.3, 0.4) is 0 Å². The molecule has 0 aliphatic rings. The summed E-state index contributed by atoms with van der Waals surface area (Å²) >= 11 is 0. The molecule has 2 aromatic rings. The molecule has 0 amide bonds. The minimum absolute atomic E-state index is 0.154. The molecule has 0 unspecified atom stereocenters. The fourth-order valence-corrected chi connectivity index (χ4v) is 1.64. The second-order valence-corrected chi connectivity index (χ2v) is 3.42. The van der Waals surface area contributed by atoms with Crippen LogP contribution in [0, 0.1) is 5.82 Å². The predicted molar refractivity (Wildman–Crippen MR) is 58.5 cm³/mol. The summed E-state index contributed by atoms with van der Waals surface area (Å²) in [4.78, 5) is 11.4. The van der Waals surface area contributed by atoms with Crippen molar-refractivity contribution >= 4 is 16.6 Å². The van der Waals surface area contributed by atoms with Gasteiger partial charge in [0.2, 0.25) is 0 Å². The summed E-state index contributed by atoms with van der Waals surface area (Å²) in [6, 6.07) is 10.5. The number of fused-ring (bicyclic) bond motifs is 1. The molecule has 0 atom stereocenters. The van der Waals surface area contributed by atoms with Crippen molar-refractivity contribution in [2.45, 2.75) is 13.3 Å². The first-order chi connectivity index (χ1) is 7.24. The van der Waals surface area contributed by atoms with E-state index in [1.54, 1.807) is 31.2 Å². The lowest BCUT2D eigenvalue weighted by molar-refractivity contribution is 0.0984. The van der Waals surface area contributed by atoms with Gasteiger partial charge < -0.3 is 0 Å². The highest BCUT2D eigenvalue weighted by atomic mass is 19.1. The molecule has 2 heteroatoms. The van der Waals surface area contributed by atoms with Crippen molar-refractivity contribution in [3.63, 3.8) is 0 Å². The summed E-state index contributed by atoms with van der Waals surface area (Å²) in [6.07, 6.45) is 0.329. The summed E-state index contributed by atoms with van der Waals surface area (Å²) < 4.78 is 13.9. The van der Waals surface area contributed by atoms with E-state index in [2.05, 4.69) is 0 Å². The fourth-order valence-electron chi connectivity index (χ4n) is 1.64. The highest BCUT2D eigenvalue weighted by molar-refractivity contribution is 6.00. The number of halogens is 1. The second kappa shape index (κ2) is 3.81. The third-order valence-electron chi connectivity index (χ3n) is 2.48. The van der Waals surface area contributed by atoms with Gasteiger partial charge in [0.25, 0.3) is 0 Å². The Morgan fingerprint density at radius 2 is 1.93 bits per heavy atom. The molecule has 15 heavy (non-hydrogen) atoms. The van der Waals surface area contributed by atoms with Crippen molar-refractivity contribution in [2.24, 2.45) is 0 Å². The second-order valence-electron chi connectivity index (χ2n) is 3.42. The lowest BCUT2D eigenvalue weighted by Gasteiger charge is -2.04. The van der Waals surface area contributed by atoms with E-state index < -0.39 is 5.82 Å². The smallest absolute Gasteiger partial charge is 0.165 e. The maximum atomic E-state index is 13.9. The molecule has 0 radical (unpaired) electrons. The average molecular weight is 202 g/mol. The number of hydrogen-bond donors (Lipinski definition) is 0. The van der Waals surface area contributed by atoms with Gasteiger partial charge in [-0.05, 0) is 11.5 Å². The molecule has 2 rings (SSSR count). The molecule has 0 N–H and O–H groups in total. The van der Waals surface area contributed by atoms with Crippen LogP contribution in [-0.4, -0.2) is 5.78 Å². The van der Waals surface area contributed by atoms with Crippen molar-refractivity contribution in [3.8, 4) is 0 Å². The third kappa shape index (κ3) is 1.63. The molecule has 2 aromatic carbocycles. The quantitative estimate of drug-likeness (QED) is 0.680. The van der Waals surface area contributed by atoms with E-state index in [0.717, 1.165) is 5.39 Å². The molecular formula is C13H11FO. The van der Waals surface area contributed by atoms with Gasteiger partial charge >= 0.3 is 0 Å². The van der Waals surface area contributed by atoms with E-state index in [0.29, 0.717) is 11.8 Å². The summed E-state index contributed by atoms with van der Waals surface area (Å²) in [7, 11) is 0. The number of hydrogen-bond acceptors (Lipinski definition) is 1. The molecule has 0 fully saturated rings. The molecule has 0 aromatic heterocycles. The zero-order valence-corrected chi connectivity index (χ0v) is 8.46. The van der Waals surface area contributed by atoms with Crippen LogP contribution < -0.4 is 0 Å². The molecule has 0 bridgehead atoms. The normalized spacial score (nSPS) is 10.5. The van der Waals surface area contributed by atoms with Crippen LogP contribution in [-0.2, 0) is 0 Å². The standard InChI is InChI=1S/C13H11FO/c1-2-12(15)11-8-7-9-5-3-4-6-10(9)13(11)14/h3-8H,2H2,1H3. The molecule has 0 aliphatic heterocycles. The summed E-state index contributed by atoms with van der Waals surface area (Å²) in [5.41, 5.74) is 0.191. The predicted octanol–water partition coefficient (Wildman–Crippen LogP) is 3.57. The van der Waals surface area contributed by atoms with Crippen LogP contribution in [0.1, 0.15) is 23.7 Å². The van der Waals surface area contributed by atoms with Crippen molar-refractivity contribution in [1.29, 1.82) is 0 Å². The van der Waals surface area contributed by atoms with Gasteiger partial charge in [0.1, 0.15) is 5.82 Å². The Morgan fingerprint density at radius 1 is 1.20 bits per heavy atom. The molecule has 0 heterocycles. The summed E-state index contributed by atoms with van der Waals surface area (Å²) in [6.45, 7) is 1.73. The van der Waals surface area contributed by atoms with Crippen LogP contribution >= 0.6 is 0 Å². The lowest BCUT2D eigenvalue weighted by Crippen LogP contribution is -2.00. The Hall–Kier alpha value is -1.70. The molecule has 0 saturated heterocycles. The van der Waals surface area contributed by atoms with Crippen LogP contribution in [0.2, 0.25) is 0 Å². The Morgan fingerprint density at radius 3 is 2.67 bits per heavy atom. The number of Topliss-reactive ketones (excluding diaryl/α,β-unsaturated/α-hetero) is 1. The third-order valence-corrected chi connectivity index (χ3v) is 2.48. The van der Waals surface area contributed by atoms with Gasteiger partial charge in [-0.2, -0.15) is 0 Å². The van der Waals surface area contributed by atoms with Crippen molar-refractivity contribution in [3.05, 3.63) is 47.8 Å². The highest BCUT2D eigenvalue weighted by Gasteiger charge is 2.11. The molecule has 76 valence electrons. The first kappa shape index (κ1) is 9.84. The topological polar surface area (TPSA) is 17.1 Å². The van der Waals surface area contributed by atoms with E-state index in [1.807, 2.05) is 12.1 Å². The van der Waals surface area contributed by atoms with E-state index in [4.69, 9.17) is 0 Å². The van der Waals surface area contributed by atoms with Crippen molar-refractivity contribution in [1.82, 2.24) is 0 Å². The summed E-state index contributed by atoms with van der Waals surface area (Å²) in [5, 5.41) is 1.33. The van der Waals surface area contributed by atoms with Crippen molar-refractivity contribution < 1.29 is 9.18 Å². The molecule has 1 nitrogen and oxygen atoms in total. The van der Waals surface area contributed by atoms with Gasteiger partial charge in [-0.3, -0.25) is 4.79 Å². The van der Waals surface area contributed by atoms with Gasteiger partial charge in [-0.25, -0.2) is 4.39 Å². The Kier molecular flexibility index (Phi) is 2.50. The van der Waals surface area contributed by atoms with Gasteiger partial charge in [0.05, 0.1) is 5.56 Å². The number of carbonyl (C=O) groups excluding carboxylic acids is 1. The fraction of sp³-hybridized carbons (Fsp3) is 0.154. The van der Waals surface area contributed by atoms with Gasteiger partial charge in [-0.1, -0.05) is 37.3 Å². The zero-order valence-electron chi connectivity index (χ0n) is 8.46. The number of rotatable bonds is 2. The zero-order chi connectivity index (χ0) is 10.8. The van der Waals surface area contributed by atoms with Crippen LogP contribution in [0.5, 0.6) is 0 Å². The van der Waals surface area contributed by atoms with Crippen LogP contribution in [0.4, 0.5) is 4.39 Å². The van der Waals surface area contributed by atoms with Gasteiger partial charge in [0, 0.05) is 11.8 Å². The largest absolute Gasteiger partial charge is 0.294 e. The minimum Gasteiger partial charge on any atom is -0.294 e. The number of carbonyl (C=O) groups is 1. The highest BCUT2D eigenvalue weighted by Crippen LogP contribution is 2.21. The number of benzene rings is 2. The lowest BCUT2D eigenvalue weighted by atomic mass is 10.0. The first-order valence-electron chi connectivity index (χ1n) is 4.94. The maximum absolute atomic E-state index is 13.9. The Balaban J connectivity index is 2.70. The van der Waals surface area contributed by atoms with Gasteiger partial charge in [0.15, 0.2) is 5.78 Å². The first-order valence-corrected chi connectivity index (χ1v) is 4.94.